The summed E-state index contributed by atoms with van der Waals surface area (Å²) in [5.41, 5.74) is 6.13. The molecule has 19 heavy (non-hydrogen) atoms. The van der Waals surface area contributed by atoms with Crippen LogP contribution in [0.5, 0.6) is 0 Å². The molecule has 0 radical (unpaired) electrons. The van der Waals surface area contributed by atoms with Gasteiger partial charge in [0.2, 0.25) is 11.8 Å². The predicted octanol–water partition coefficient (Wildman–Crippen LogP) is 0.396. The number of thiazole rings is 1. The minimum Gasteiger partial charge on any atom is -0.375 e. The standard InChI is InChI=1S/C12H18N4O2S/c13-12-15-9(8-19-12)6-10(17)14-7-11(18)16-4-2-1-3-5-16/h8H,1-7H2,(H2,13,15)(H,14,17). The average Bonchev–Trinajstić information content (AvgIpc) is 2.82. The molecule has 0 bridgehead atoms. The van der Waals surface area contributed by atoms with Crippen LogP contribution in [0.15, 0.2) is 5.38 Å². The van der Waals surface area contributed by atoms with Gasteiger partial charge in [0.1, 0.15) is 0 Å². The van der Waals surface area contributed by atoms with Gasteiger partial charge in [-0.25, -0.2) is 4.98 Å². The first kappa shape index (κ1) is 13.8. The van der Waals surface area contributed by atoms with Crippen molar-refractivity contribution in [2.24, 2.45) is 0 Å². The maximum Gasteiger partial charge on any atom is 0.241 e. The number of hydrogen-bond acceptors (Lipinski definition) is 5. The lowest BCUT2D eigenvalue weighted by Gasteiger charge is -2.26. The van der Waals surface area contributed by atoms with Crippen molar-refractivity contribution in [3.8, 4) is 0 Å². The number of likely N-dealkylation sites (tertiary alicyclic amines) is 1. The Morgan fingerprint density at radius 1 is 1.37 bits per heavy atom. The van der Waals surface area contributed by atoms with Gasteiger partial charge in [0.15, 0.2) is 5.13 Å². The zero-order chi connectivity index (χ0) is 13.7. The molecule has 1 aromatic rings. The minimum absolute atomic E-state index is 0.00848. The van der Waals surface area contributed by atoms with Gasteiger partial charge in [0, 0.05) is 18.5 Å². The molecule has 2 heterocycles. The molecule has 2 rings (SSSR count). The van der Waals surface area contributed by atoms with Crippen LogP contribution in [0.25, 0.3) is 0 Å². The highest BCUT2D eigenvalue weighted by molar-refractivity contribution is 7.13. The summed E-state index contributed by atoms with van der Waals surface area (Å²) in [6.07, 6.45) is 3.46. The highest BCUT2D eigenvalue weighted by Crippen LogP contribution is 2.11. The summed E-state index contributed by atoms with van der Waals surface area (Å²) in [4.78, 5) is 29.3. The van der Waals surface area contributed by atoms with Crippen molar-refractivity contribution < 1.29 is 9.59 Å². The molecule has 0 saturated carbocycles. The maximum absolute atomic E-state index is 11.8. The van der Waals surface area contributed by atoms with E-state index in [0.29, 0.717) is 10.8 Å². The van der Waals surface area contributed by atoms with Crippen LogP contribution >= 0.6 is 11.3 Å². The van der Waals surface area contributed by atoms with E-state index in [4.69, 9.17) is 5.73 Å². The van der Waals surface area contributed by atoms with Gasteiger partial charge in [-0.1, -0.05) is 0 Å². The lowest BCUT2D eigenvalue weighted by atomic mass is 10.1. The Kier molecular flexibility index (Phi) is 4.73. The van der Waals surface area contributed by atoms with Crippen molar-refractivity contribution in [2.45, 2.75) is 25.7 Å². The van der Waals surface area contributed by atoms with Crippen LogP contribution < -0.4 is 11.1 Å². The molecule has 1 aliphatic heterocycles. The van der Waals surface area contributed by atoms with Crippen molar-refractivity contribution in [1.82, 2.24) is 15.2 Å². The molecule has 0 aliphatic carbocycles. The third kappa shape index (κ3) is 4.20. The highest BCUT2D eigenvalue weighted by Gasteiger charge is 2.17. The number of anilines is 1. The fraction of sp³-hybridized carbons (Fsp3) is 0.583. The predicted molar refractivity (Wildman–Crippen MR) is 73.7 cm³/mol. The van der Waals surface area contributed by atoms with E-state index in [2.05, 4.69) is 10.3 Å². The van der Waals surface area contributed by atoms with E-state index < -0.39 is 0 Å². The van der Waals surface area contributed by atoms with E-state index in [-0.39, 0.29) is 24.8 Å². The van der Waals surface area contributed by atoms with E-state index in [1.807, 2.05) is 4.90 Å². The molecule has 104 valence electrons. The quantitative estimate of drug-likeness (QED) is 0.836. The van der Waals surface area contributed by atoms with Crippen LogP contribution in [-0.2, 0) is 16.0 Å². The van der Waals surface area contributed by atoms with Crippen LogP contribution in [0.1, 0.15) is 25.0 Å². The number of rotatable bonds is 4. The Hall–Kier alpha value is -1.63. The molecule has 6 nitrogen and oxygen atoms in total. The first-order valence-electron chi connectivity index (χ1n) is 6.39. The number of amides is 2. The number of nitrogens with one attached hydrogen (secondary N) is 1. The smallest absolute Gasteiger partial charge is 0.241 e. The van der Waals surface area contributed by atoms with Gasteiger partial charge in [-0.15, -0.1) is 11.3 Å². The Morgan fingerprint density at radius 2 is 2.11 bits per heavy atom. The lowest BCUT2D eigenvalue weighted by molar-refractivity contribution is -0.133. The second-order valence-corrected chi connectivity index (χ2v) is 5.46. The fourth-order valence-electron chi connectivity index (χ4n) is 2.06. The van der Waals surface area contributed by atoms with Crippen LogP contribution in [0, 0.1) is 0 Å². The second-order valence-electron chi connectivity index (χ2n) is 4.57. The van der Waals surface area contributed by atoms with Crippen molar-refractivity contribution in [1.29, 1.82) is 0 Å². The van der Waals surface area contributed by atoms with Gasteiger partial charge in [0.25, 0.3) is 0 Å². The summed E-state index contributed by atoms with van der Waals surface area (Å²) in [5, 5.41) is 4.83. The molecule has 1 aromatic heterocycles. The summed E-state index contributed by atoms with van der Waals surface area (Å²) in [7, 11) is 0. The fourth-order valence-corrected chi connectivity index (χ4v) is 2.62. The van der Waals surface area contributed by atoms with E-state index in [1.165, 1.54) is 17.8 Å². The van der Waals surface area contributed by atoms with Gasteiger partial charge in [0.05, 0.1) is 18.7 Å². The highest BCUT2D eigenvalue weighted by atomic mass is 32.1. The number of piperidine rings is 1. The van der Waals surface area contributed by atoms with E-state index >= 15 is 0 Å². The first-order valence-corrected chi connectivity index (χ1v) is 7.27. The number of nitrogen functional groups attached to an aromatic ring is 1. The van der Waals surface area contributed by atoms with Gasteiger partial charge >= 0.3 is 0 Å². The number of nitrogens with zero attached hydrogens (tertiary/aromatic N) is 2. The van der Waals surface area contributed by atoms with Gasteiger partial charge in [-0.2, -0.15) is 0 Å². The van der Waals surface area contributed by atoms with Gasteiger partial charge < -0.3 is 16.0 Å². The van der Waals surface area contributed by atoms with E-state index in [0.717, 1.165) is 25.9 Å². The molecule has 1 fully saturated rings. The summed E-state index contributed by atoms with van der Waals surface area (Å²) < 4.78 is 0. The SMILES string of the molecule is Nc1nc(CC(=O)NCC(=O)N2CCCCC2)cs1. The Bertz CT molecular complexity index is 454. The monoisotopic (exact) mass is 282 g/mol. The largest absolute Gasteiger partial charge is 0.375 e. The molecule has 1 saturated heterocycles. The van der Waals surface area contributed by atoms with Crippen LogP contribution in [0.4, 0.5) is 5.13 Å². The molecular weight excluding hydrogens is 264 g/mol. The summed E-state index contributed by atoms with van der Waals surface area (Å²) in [6, 6.07) is 0. The van der Waals surface area contributed by atoms with Crippen LogP contribution in [-0.4, -0.2) is 41.3 Å². The minimum atomic E-state index is -0.198. The average molecular weight is 282 g/mol. The molecule has 1 aliphatic rings. The number of aromatic nitrogens is 1. The third-order valence-corrected chi connectivity index (χ3v) is 3.78. The topological polar surface area (TPSA) is 88.3 Å². The normalized spacial score (nSPS) is 15.3. The maximum atomic E-state index is 11.8. The van der Waals surface area contributed by atoms with Crippen LogP contribution in [0.3, 0.4) is 0 Å². The second kappa shape index (κ2) is 6.51. The van der Waals surface area contributed by atoms with Gasteiger partial charge in [-0.3, -0.25) is 9.59 Å². The molecule has 0 spiro atoms. The molecule has 2 amide bonds. The Labute approximate surface area is 116 Å². The number of nitrogens with two attached hydrogens (primary N) is 1. The van der Waals surface area contributed by atoms with Gasteiger partial charge in [-0.05, 0) is 19.3 Å². The number of carbonyl (C=O) groups is 2. The van der Waals surface area contributed by atoms with Crippen molar-refractivity contribution in [3.05, 3.63) is 11.1 Å². The zero-order valence-corrected chi connectivity index (χ0v) is 11.5. The molecule has 3 N–H and O–H groups in total. The van der Waals surface area contributed by atoms with Crippen LogP contribution in [0.2, 0.25) is 0 Å². The number of hydrogen-bond donors (Lipinski definition) is 2. The molecular formula is C12H18N4O2S. The third-order valence-electron chi connectivity index (χ3n) is 3.06. The zero-order valence-electron chi connectivity index (χ0n) is 10.7. The summed E-state index contributed by atoms with van der Waals surface area (Å²) >= 11 is 1.30. The van der Waals surface area contributed by atoms with Crippen molar-refractivity contribution >= 4 is 28.3 Å². The lowest BCUT2D eigenvalue weighted by Crippen LogP contribution is -2.42. The molecule has 0 atom stereocenters. The Balaban J connectivity index is 1.72. The molecule has 0 unspecified atom stereocenters. The summed E-state index contributed by atoms with van der Waals surface area (Å²) in [5.74, 6) is -0.207. The van der Waals surface area contributed by atoms with Crippen molar-refractivity contribution in [2.75, 3.05) is 25.4 Å². The number of carbonyl (C=O) groups excluding carboxylic acids is 2. The molecule has 7 heteroatoms. The summed E-state index contributed by atoms with van der Waals surface area (Å²) in [6.45, 7) is 1.67. The molecule has 0 aromatic carbocycles. The van der Waals surface area contributed by atoms with E-state index in [1.54, 1.807) is 5.38 Å². The Morgan fingerprint density at radius 3 is 2.74 bits per heavy atom. The van der Waals surface area contributed by atoms with Crippen molar-refractivity contribution in [3.63, 3.8) is 0 Å². The first-order chi connectivity index (χ1) is 9.15. The van der Waals surface area contributed by atoms with E-state index in [9.17, 15) is 9.59 Å².